The number of sulfonamides is 1. The zero-order chi connectivity index (χ0) is 15.6. The first-order chi connectivity index (χ1) is 9.86. The number of nitrogens with two attached hydrogens (primary N) is 1. The molecule has 1 heterocycles. The summed E-state index contributed by atoms with van der Waals surface area (Å²) in [6, 6.07) is 5.80. The van der Waals surface area contributed by atoms with Gasteiger partial charge in [-0.1, -0.05) is 12.1 Å². The van der Waals surface area contributed by atoms with Crippen molar-refractivity contribution in [3.8, 4) is 0 Å². The van der Waals surface area contributed by atoms with Gasteiger partial charge in [0.25, 0.3) is 0 Å². The molecule has 0 atom stereocenters. The molecule has 0 spiro atoms. The Hall–Kier alpha value is -0.950. The molecular weight excluding hydrogens is 286 g/mol. The molecule has 0 bridgehead atoms. The summed E-state index contributed by atoms with van der Waals surface area (Å²) in [4.78, 5) is 2.70. The number of hydrogen-bond acceptors (Lipinski definition) is 4. The molecule has 0 unspecified atom stereocenters. The molecule has 1 fully saturated rings. The van der Waals surface area contributed by atoms with Crippen molar-refractivity contribution >= 4 is 10.0 Å². The van der Waals surface area contributed by atoms with Gasteiger partial charge in [0.15, 0.2) is 0 Å². The Morgan fingerprint density at radius 1 is 1.19 bits per heavy atom. The van der Waals surface area contributed by atoms with E-state index in [4.69, 9.17) is 5.73 Å². The van der Waals surface area contributed by atoms with Gasteiger partial charge in [0, 0.05) is 38.8 Å². The van der Waals surface area contributed by atoms with Crippen LogP contribution in [0.2, 0.25) is 0 Å². The van der Waals surface area contributed by atoms with Gasteiger partial charge in [-0.3, -0.25) is 4.90 Å². The lowest BCUT2D eigenvalue weighted by atomic mass is 10.1. The minimum absolute atomic E-state index is 0.401. The van der Waals surface area contributed by atoms with E-state index < -0.39 is 10.0 Å². The largest absolute Gasteiger partial charge is 0.326 e. The maximum absolute atomic E-state index is 12.8. The minimum Gasteiger partial charge on any atom is -0.326 e. The number of hydrogen-bond donors (Lipinski definition) is 1. The van der Waals surface area contributed by atoms with E-state index in [1.54, 1.807) is 16.4 Å². The molecule has 2 rings (SSSR count). The van der Waals surface area contributed by atoms with Crippen LogP contribution in [0.1, 0.15) is 25.0 Å². The van der Waals surface area contributed by atoms with Crippen LogP contribution in [0.25, 0.3) is 0 Å². The predicted octanol–water partition coefficient (Wildman–Crippen LogP) is 1.17. The molecule has 2 N–H and O–H groups in total. The molecule has 1 aliphatic heterocycles. The van der Waals surface area contributed by atoms with Crippen LogP contribution in [0.4, 0.5) is 0 Å². The second-order valence-electron chi connectivity index (χ2n) is 5.84. The van der Waals surface area contributed by atoms with Crippen LogP contribution in [-0.2, 0) is 16.6 Å². The molecule has 1 saturated heterocycles. The predicted molar refractivity (Wildman–Crippen MR) is 84.5 cm³/mol. The SMILES string of the molecule is Cc1cc(CN)ccc1S(=O)(=O)N1CCN(C(C)C)CC1. The fourth-order valence-electron chi connectivity index (χ4n) is 2.73. The Balaban J connectivity index is 2.19. The van der Waals surface area contributed by atoms with Crippen LogP contribution in [0.3, 0.4) is 0 Å². The second-order valence-corrected chi connectivity index (χ2v) is 7.74. The van der Waals surface area contributed by atoms with E-state index >= 15 is 0 Å². The Labute approximate surface area is 127 Å². The number of benzene rings is 1. The van der Waals surface area contributed by atoms with Gasteiger partial charge >= 0.3 is 0 Å². The van der Waals surface area contributed by atoms with Crippen molar-refractivity contribution < 1.29 is 8.42 Å². The van der Waals surface area contributed by atoms with Gasteiger partial charge in [-0.15, -0.1) is 0 Å². The third-order valence-corrected chi connectivity index (χ3v) is 6.16. The second kappa shape index (κ2) is 6.44. The fraction of sp³-hybridized carbons (Fsp3) is 0.600. The summed E-state index contributed by atoms with van der Waals surface area (Å²) in [6.45, 7) is 9.22. The number of piperazine rings is 1. The van der Waals surface area contributed by atoms with E-state index in [9.17, 15) is 8.42 Å². The molecule has 0 amide bonds. The smallest absolute Gasteiger partial charge is 0.243 e. The first kappa shape index (κ1) is 16.4. The van der Waals surface area contributed by atoms with Crippen molar-refractivity contribution in [1.82, 2.24) is 9.21 Å². The summed E-state index contributed by atoms with van der Waals surface area (Å²) in [5, 5.41) is 0. The van der Waals surface area contributed by atoms with Gasteiger partial charge in [-0.2, -0.15) is 4.31 Å². The topological polar surface area (TPSA) is 66.6 Å². The van der Waals surface area contributed by atoms with Gasteiger partial charge < -0.3 is 5.73 Å². The zero-order valence-corrected chi connectivity index (χ0v) is 13.9. The van der Waals surface area contributed by atoms with Crippen LogP contribution in [0.5, 0.6) is 0 Å². The van der Waals surface area contributed by atoms with Gasteiger partial charge in [-0.25, -0.2) is 8.42 Å². The first-order valence-corrected chi connectivity index (χ1v) is 8.84. The molecule has 21 heavy (non-hydrogen) atoms. The summed E-state index contributed by atoms with van der Waals surface area (Å²) in [5.74, 6) is 0. The molecule has 118 valence electrons. The summed E-state index contributed by atoms with van der Waals surface area (Å²) in [6.07, 6.45) is 0. The van der Waals surface area contributed by atoms with Crippen LogP contribution >= 0.6 is 0 Å². The normalized spacial score (nSPS) is 18.3. The highest BCUT2D eigenvalue weighted by atomic mass is 32.2. The van der Waals surface area contributed by atoms with Crippen molar-refractivity contribution in [2.75, 3.05) is 26.2 Å². The molecular formula is C15H25N3O2S. The molecule has 5 nitrogen and oxygen atoms in total. The van der Waals surface area contributed by atoms with Crippen LogP contribution in [-0.4, -0.2) is 49.8 Å². The van der Waals surface area contributed by atoms with E-state index in [0.29, 0.717) is 30.6 Å². The number of aryl methyl sites for hydroxylation is 1. The quantitative estimate of drug-likeness (QED) is 0.906. The van der Waals surface area contributed by atoms with Gasteiger partial charge in [0.2, 0.25) is 10.0 Å². The third-order valence-electron chi connectivity index (χ3n) is 4.10. The lowest BCUT2D eigenvalue weighted by molar-refractivity contribution is 0.154. The van der Waals surface area contributed by atoms with Crippen LogP contribution < -0.4 is 5.73 Å². The summed E-state index contributed by atoms with van der Waals surface area (Å²) in [7, 11) is -3.40. The third kappa shape index (κ3) is 3.45. The van der Waals surface area contributed by atoms with Crippen LogP contribution in [0.15, 0.2) is 23.1 Å². The molecule has 0 saturated carbocycles. The highest BCUT2D eigenvalue weighted by Crippen LogP contribution is 2.22. The van der Waals surface area contributed by atoms with E-state index in [2.05, 4.69) is 18.7 Å². The molecule has 1 aromatic carbocycles. The van der Waals surface area contributed by atoms with Crippen LogP contribution in [0, 0.1) is 6.92 Å². The Morgan fingerprint density at radius 3 is 2.29 bits per heavy atom. The van der Waals surface area contributed by atoms with Crippen molar-refractivity contribution in [2.24, 2.45) is 5.73 Å². The maximum atomic E-state index is 12.8. The minimum atomic E-state index is -3.40. The van der Waals surface area contributed by atoms with Gasteiger partial charge in [-0.05, 0) is 38.0 Å². The summed E-state index contributed by atoms with van der Waals surface area (Å²) in [5.41, 5.74) is 7.32. The van der Waals surface area contributed by atoms with E-state index in [1.165, 1.54) is 0 Å². The average Bonchev–Trinajstić information content (AvgIpc) is 2.46. The molecule has 1 aliphatic rings. The van der Waals surface area contributed by atoms with Gasteiger partial charge in [0.05, 0.1) is 4.90 Å². The van der Waals surface area contributed by atoms with Crippen molar-refractivity contribution in [2.45, 2.75) is 38.3 Å². The van der Waals surface area contributed by atoms with Crippen molar-refractivity contribution in [1.29, 1.82) is 0 Å². The lowest BCUT2D eigenvalue weighted by Gasteiger charge is -2.36. The van der Waals surface area contributed by atoms with E-state index in [1.807, 2.05) is 13.0 Å². The van der Waals surface area contributed by atoms with Crippen molar-refractivity contribution in [3.63, 3.8) is 0 Å². The molecule has 1 aromatic rings. The molecule has 0 aliphatic carbocycles. The number of rotatable bonds is 4. The highest BCUT2D eigenvalue weighted by molar-refractivity contribution is 7.89. The van der Waals surface area contributed by atoms with Gasteiger partial charge in [0.1, 0.15) is 0 Å². The maximum Gasteiger partial charge on any atom is 0.243 e. The lowest BCUT2D eigenvalue weighted by Crippen LogP contribution is -2.50. The molecule has 6 heteroatoms. The zero-order valence-electron chi connectivity index (χ0n) is 13.0. The summed E-state index contributed by atoms with van der Waals surface area (Å²) >= 11 is 0. The monoisotopic (exact) mass is 311 g/mol. The standard InChI is InChI=1S/C15H25N3O2S/c1-12(2)17-6-8-18(9-7-17)21(19,20)15-5-4-14(11-16)10-13(15)3/h4-5,10,12H,6-9,11,16H2,1-3H3. The molecule has 0 aromatic heterocycles. The van der Waals surface area contributed by atoms with Crippen molar-refractivity contribution in [3.05, 3.63) is 29.3 Å². The van der Waals surface area contributed by atoms with E-state index in [0.717, 1.165) is 24.2 Å². The summed E-state index contributed by atoms with van der Waals surface area (Å²) < 4.78 is 27.1. The Bertz CT molecular complexity index is 591. The average molecular weight is 311 g/mol. The Morgan fingerprint density at radius 2 is 1.81 bits per heavy atom. The first-order valence-electron chi connectivity index (χ1n) is 7.40. The van der Waals surface area contributed by atoms with E-state index in [-0.39, 0.29) is 0 Å². The Kier molecular flexibility index (Phi) is 5.03. The highest BCUT2D eigenvalue weighted by Gasteiger charge is 2.30. The molecule has 0 radical (unpaired) electrons. The number of nitrogens with zero attached hydrogens (tertiary/aromatic N) is 2. The fourth-order valence-corrected chi connectivity index (χ4v) is 4.36.